The van der Waals surface area contributed by atoms with Gasteiger partial charge in [-0.25, -0.2) is 9.67 Å². The molecule has 0 aliphatic heterocycles. The Morgan fingerprint density at radius 1 is 0.938 bits per heavy atom. The number of anilines is 1. The number of hydrogen-bond acceptors (Lipinski definition) is 4. The number of carbonyl (C=O) groups is 1. The van der Waals surface area contributed by atoms with E-state index in [1.807, 2.05) is 56.0 Å². The molecule has 0 saturated carbocycles. The van der Waals surface area contributed by atoms with Gasteiger partial charge in [-0.15, -0.1) is 0 Å². The van der Waals surface area contributed by atoms with E-state index in [9.17, 15) is 4.79 Å². The monoisotopic (exact) mass is 424 g/mol. The molecule has 0 fully saturated rings. The molecule has 162 valence electrons. The highest BCUT2D eigenvalue weighted by molar-refractivity contribution is 6.11. The molecule has 1 aliphatic rings. The number of fused-ring (bicyclic) bond motifs is 2. The lowest BCUT2D eigenvalue weighted by atomic mass is 9.73. The molecule has 5 heteroatoms. The van der Waals surface area contributed by atoms with Crippen molar-refractivity contribution in [1.82, 2.24) is 14.8 Å². The number of aromatic nitrogens is 3. The Labute approximate surface area is 188 Å². The van der Waals surface area contributed by atoms with Crippen LogP contribution < -0.4 is 4.90 Å². The number of nitrogens with zero attached hydrogens (tertiary/aromatic N) is 4. The smallest absolute Gasteiger partial charge is 0.165 e. The second-order valence-electron chi connectivity index (χ2n) is 9.72. The average molecular weight is 425 g/mol. The van der Waals surface area contributed by atoms with Gasteiger partial charge in [0.25, 0.3) is 0 Å². The second-order valence-corrected chi connectivity index (χ2v) is 9.72. The number of carbonyl (C=O) groups excluding carboxylic acids is 1. The van der Waals surface area contributed by atoms with Crippen LogP contribution >= 0.6 is 0 Å². The van der Waals surface area contributed by atoms with Crippen LogP contribution in [0.3, 0.4) is 0 Å². The van der Waals surface area contributed by atoms with E-state index in [2.05, 4.69) is 43.0 Å². The van der Waals surface area contributed by atoms with Crippen LogP contribution in [0.2, 0.25) is 0 Å². The summed E-state index contributed by atoms with van der Waals surface area (Å²) in [7, 11) is 4.06. The summed E-state index contributed by atoms with van der Waals surface area (Å²) in [6, 6.07) is 18.5. The highest BCUT2D eigenvalue weighted by Gasteiger charge is 2.36. The van der Waals surface area contributed by atoms with E-state index in [0.717, 1.165) is 56.9 Å². The van der Waals surface area contributed by atoms with Gasteiger partial charge in [0.05, 0.1) is 22.5 Å². The maximum atomic E-state index is 13.4. The fourth-order valence-corrected chi connectivity index (χ4v) is 4.80. The Kier molecular flexibility index (Phi) is 4.66. The first kappa shape index (κ1) is 20.4. The van der Waals surface area contributed by atoms with Crippen LogP contribution in [-0.4, -0.2) is 34.6 Å². The van der Waals surface area contributed by atoms with Crippen LogP contribution in [-0.2, 0) is 6.42 Å². The van der Waals surface area contributed by atoms with E-state index in [0.29, 0.717) is 6.42 Å². The summed E-state index contributed by atoms with van der Waals surface area (Å²) >= 11 is 0. The molecule has 0 spiro atoms. The van der Waals surface area contributed by atoms with Crippen molar-refractivity contribution in [3.05, 3.63) is 71.5 Å². The molecule has 2 aromatic heterocycles. The van der Waals surface area contributed by atoms with Crippen molar-refractivity contribution in [2.75, 3.05) is 19.0 Å². The summed E-state index contributed by atoms with van der Waals surface area (Å²) in [5.41, 5.74) is 7.31. The van der Waals surface area contributed by atoms with Gasteiger partial charge in [0.2, 0.25) is 0 Å². The zero-order valence-corrected chi connectivity index (χ0v) is 19.3. The van der Waals surface area contributed by atoms with E-state index in [1.165, 1.54) is 0 Å². The van der Waals surface area contributed by atoms with Crippen LogP contribution in [0.15, 0.2) is 54.6 Å². The van der Waals surface area contributed by atoms with Gasteiger partial charge < -0.3 is 4.90 Å². The van der Waals surface area contributed by atoms with Crippen LogP contribution in [0.4, 0.5) is 5.69 Å². The number of hydrogen-bond donors (Lipinski definition) is 0. The van der Waals surface area contributed by atoms with E-state index < -0.39 is 0 Å². The van der Waals surface area contributed by atoms with Crippen molar-refractivity contribution in [3.8, 4) is 16.8 Å². The van der Waals surface area contributed by atoms with Crippen molar-refractivity contribution in [2.45, 2.75) is 33.6 Å². The van der Waals surface area contributed by atoms with Gasteiger partial charge in [0.15, 0.2) is 11.4 Å². The number of para-hydroxylation sites is 1. The molecule has 32 heavy (non-hydrogen) atoms. The van der Waals surface area contributed by atoms with Crippen molar-refractivity contribution >= 4 is 22.5 Å². The highest BCUT2D eigenvalue weighted by Crippen LogP contribution is 2.42. The summed E-state index contributed by atoms with van der Waals surface area (Å²) in [5, 5.41) is 5.82. The molecule has 5 nitrogen and oxygen atoms in total. The van der Waals surface area contributed by atoms with Gasteiger partial charge in [-0.05, 0) is 48.6 Å². The molecule has 4 aromatic rings. The fraction of sp³-hybridized carbons (Fsp3) is 0.296. The van der Waals surface area contributed by atoms with E-state index in [-0.39, 0.29) is 11.2 Å². The minimum Gasteiger partial charge on any atom is -0.378 e. The molecule has 5 rings (SSSR count). The Hall–Kier alpha value is -3.47. The highest BCUT2D eigenvalue weighted by atomic mass is 16.1. The quantitative estimate of drug-likeness (QED) is 0.428. The largest absolute Gasteiger partial charge is 0.378 e. The predicted octanol–water partition coefficient (Wildman–Crippen LogP) is 5.62. The molecule has 1 aliphatic carbocycles. The van der Waals surface area contributed by atoms with Gasteiger partial charge in [0.1, 0.15) is 0 Å². The zero-order chi connectivity index (χ0) is 22.6. The molecule has 2 aromatic carbocycles. The summed E-state index contributed by atoms with van der Waals surface area (Å²) in [6.07, 6.45) is 1.30. The van der Waals surface area contributed by atoms with Gasteiger partial charge in [-0.2, -0.15) is 5.10 Å². The summed E-state index contributed by atoms with van der Waals surface area (Å²) in [5.74, 6) is 0.171. The van der Waals surface area contributed by atoms with Crippen molar-refractivity contribution < 1.29 is 4.79 Å². The maximum absolute atomic E-state index is 13.4. The average Bonchev–Trinajstić information content (AvgIpc) is 3.08. The van der Waals surface area contributed by atoms with Gasteiger partial charge >= 0.3 is 0 Å². The number of aryl methyl sites for hydroxylation is 1. The molecule has 0 amide bonds. The maximum Gasteiger partial charge on any atom is 0.165 e. The van der Waals surface area contributed by atoms with Crippen LogP contribution in [0.5, 0.6) is 0 Å². The van der Waals surface area contributed by atoms with E-state index >= 15 is 0 Å². The first-order chi connectivity index (χ1) is 15.2. The third-order valence-electron chi connectivity index (χ3n) is 6.30. The predicted molar refractivity (Wildman–Crippen MR) is 130 cm³/mol. The number of Topliss-reactive ketones (excluding diaryl/α,β-unsaturated/α-hetero) is 1. The van der Waals surface area contributed by atoms with Crippen molar-refractivity contribution in [1.29, 1.82) is 0 Å². The standard InChI is InChI=1S/C27H28N4O/c1-17-23-24(18-11-13-19(14-12-18)30(4)5)25-21(15-27(2,3)16-22(25)32)28-26(23)31(29-17)20-9-7-6-8-10-20/h6-14H,15-16H2,1-5H3. The Balaban J connectivity index is 1.86. The molecule has 0 unspecified atom stereocenters. The lowest BCUT2D eigenvalue weighted by Gasteiger charge is -2.31. The second kappa shape index (κ2) is 7.30. The topological polar surface area (TPSA) is 51.0 Å². The Morgan fingerprint density at radius 3 is 2.28 bits per heavy atom. The third-order valence-corrected chi connectivity index (χ3v) is 6.30. The first-order valence-electron chi connectivity index (χ1n) is 11.0. The number of benzene rings is 2. The number of ketones is 1. The van der Waals surface area contributed by atoms with Crippen LogP contribution in [0.1, 0.15) is 42.0 Å². The molecule has 0 saturated heterocycles. The number of pyridine rings is 1. The minimum absolute atomic E-state index is 0.108. The van der Waals surface area contributed by atoms with Crippen molar-refractivity contribution in [3.63, 3.8) is 0 Å². The molecule has 0 atom stereocenters. The summed E-state index contributed by atoms with van der Waals surface area (Å²) in [4.78, 5) is 20.6. The molecule has 0 N–H and O–H groups in total. The summed E-state index contributed by atoms with van der Waals surface area (Å²) < 4.78 is 1.91. The minimum atomic E-state index is -0.108. The first-order valence-corrected chi connectivity index (χ1v) is 11.0. The SMILES string of the molecule is Cc1nn(-c2ccccc2)c2nc3c(c(-c4ccc(N(C)C)cc4)c12)C(=O)CC(C)(C)C3. The van der Waals surface area contributed by atoms with E-state index in [1.54, 1.807) is 0 Å². The molecule has 0 bridgehead atoms. The molecular formula is C27H28N4O. The van der Waals surface area contributed by atoms with Gasteiger partial charge in [-0.1, -0.05) is 44.2 Å². The third kappa shape index (κ3) is 3.29. The zero-order valence-electron chi connectivity index (χ0n) is 19.3. The number of rotatable bonds is 3. The van der Waals surface area contributed by atoms with Gasteiger partial charge in [0, 0.05) is 37.3 Å². The van der Waals surface area contributed by atoms with Crippen LogP contribution in [0.25, 0.3) is 27.8 Å². The van der Waals surface area contributed by atoms with Gasteiger partial charge in [-0.3, -0.25) is 4.79 Å². The van der Waals surface area contributed by atoms with E-state index in [4.69, 9.17) is 10.1 Å². The normalized spacial score (nSPS) is 15.1. The van der Waals surface area contributed by atoms with Crippen molar-refractivity contribution in [2.24, 2.45) is 5.41 Å². The molecule has 2 heterocycles. The Morgan fingerprint density at radius 2 is 1.62 bits per heavy atom. The molecule has 0 radical (unpaired) electrons. The lowest BCUT2D eigenvalue weighted by Crippen LogP contribution is -2.28. The van der Waals surface area contributed by atoms with Crippen LogP contribution in [0, 0.1) is 12.3 Å². The fourth-order valence-electron chi connectivity index (χ4n) is 4.80. The Bertz CT molecular complexity index is 1330. The lowest BCUT2D eigenvalue weighted by molar-refractivity contribution is 0.0911. The summed E-state index contributed by atoms with van der Waals surface area (Å²) in [6.45, 7) is 6.29. The molecular weight excluding hydrogens is 396 g/mol.